The van der Waals surface area contributed by atoms with Gasteiger partial charge in [-0.25, -0.2) is 0 Å². The van der Waals surface area contributed by atoms with Gasteiger partial charge in [0, 0.05) is 12.3 Å². The molecule has 0 N–H and O–H groups in total. The monoisotopic (exact) mass is 231 g/mol. The van der Waals surface area contributed by atoms with Gasteiger partial charge in [-0.05, 0) is 12.0 Å². The van der Waals surface area contributed by atoms with Gasteiger partial charge in [0.05, 0.1) is 23.2 Å². The summed E-state index contributed by atoms with van der Waals surface area (Å²) < 4.78 is 1.72. The van der Waals surface area contributed by atoms with E-state index in [9.17, 15) is 10.1 Å². The van der Waals surface area contributed by atoms with Crippen LogP contribution in [0.15, 0.2) is 36.7 Å². The summed E-state index contributed by atoms with van der Waals surface area (Å²) in [5.74, 6) is 0. The molecule has 0 amide bonds. The highest BCUT2D eigenvalue weighted by molar-refractivity contribution is 5.39. The smallest absolute Gasteiger partial charge is 0.268 e. The minimum atomic E-state index is -0.362. The Kier molecular flexibility index (Phi) is 3.18. The molecule has 88 valence electrons. The molecule has 0 fully saturated rings. The van der Waals surface area contributed by atoms with Crippen molar-refractivity contribution in [2.75, 3.05) is 0 Å². The molecule has 5 heteroatoms. The summed E-state index contributed by atoms with van der Waals surface area (Å²) in [6, 6.07) is 6.74. The Balaban J connectivity index is 2.26. The predicted octanol–water partition coefficient (Wildman–Crippen LogP) is 2.40. The number of para-hydroxylation sites is 1. The van der Waals surface area contributed by atoms with Crippen LogP contribution in [0, 0.1) is 10.1 Å². The van der Waals surface area contributed by atoms with Gasteiger partial charge in [-0.15, -0.1) is 0 Å². The number of nitro groups is 1. The van der Waals surface area contributed by atoms with Crippen molar-refractivity contribution in [1.29, 1.82) is 0 Å². The van der Waals surface area contributed by atoms with Crippen LogP contribution in [0.5, 0.6) is 0 Å². The second-order valence-corrected chi connectivity index (χ2v) is 3.79. The molecule has 0 saturated heterocycles. The van der Waals surface area contributed by atoms with E-state index in [1.54, 1.807) is 29.1 Å². The van der Waals surface area contributed by atoms with E-state index in [0.29, 0.717) is 12.1 Å². The van der Waals surface area contributed by atoms with Crippen LogP contribution < -0.4 is 0 Å². The van der Waals surface area contributed by atoms with Crippen molar-refractivity contribution < 1.29 is 4.92 Å². The molecule has 1 heterocycles. The first-order valence-corrected chi connectivity index (χ1v) is 5.44. The molecule has 1 aromatic carbocycles. The SMILES string of the molecule is CCc1cnn(Cc2ccccc2[N+](=O)[O-])c1. The maximum atomic E-state index is 10.8. The number of hydrogen-bond acceptors (Lipinski definition) is 3. The summed E-state index contributed by atoms with van der Waals surface area (Å²) in [5.41, 5.74) is 1.94. The Morgan fingerprint density at radius 1 is 1.41 bits per heavy atom. The minimum absolute atomic E-state index is 0.140. The van der Waals surface area contributed by atoms with E-state index in [2.05, 4.69) is 5.10 Å². The summed E-state index contributed by atoms with van der Waals surface area (Å²) in [6.45, 7) is 2.48. The third-order valence-corrected chi connectivity index (χ3v) is 2.62. The molecule has 0 spiro atoms. The lowest BCUT2D eigenvalue weighted by atomic mass is 10.2. The summed E-state index contributed by atoms with van der Waals surface area (Å²) >= 11 is 0. The lowest BCUT2D eigenvalue weighted by Crippen LogP contribution is -2.03. The largest absolute Gasteiger partial charge is 0.274 e. The molecule has 2 rings (SSSR count). The standard InChI is InChI=1S/C12H13N3O2/c1-2-10-7-13-14(8-10)9-11-5-3-4-6-12(11)15(16)17/h3-8H,2,9H2,1H3. The minimum Gasteiger partial charge on any atom is -0.268 e. The van der Waals surface area contributed by atoms with Gasteiger partial charge in [0.2, 0.25) is 0 Å². The Morgan fingerprint density at radius 2 is 2.18 bits per heavy atom. The fraction of sp³-hybridized carbons (Fsp3) is 0.250. The molecule has 0 aliphatic rings. The average Bonchev–Trinajstić information content (AvgIpc) is 2.77. The van der Waals surface area contributed by atoms with E-state index in [0.717, 1.165) is 12.0 Å². The van der Waals surface area contributed by atoms with Gasteiger partial charge in [0.15, 0.2) is 0 Å². The number of nitrogens with zero attached hydrogens (tertiary/aromatic N) is 3. The maximum Gasteiger partial charge on any atom is 0.274 e. The fourth-order valence-electron chi connectivity index (χ4n) is 1.67. The molecule has 2 aromatic rings. The lowest BCUT2D eigenvalue weighted by Gasteiger charge is -2.02. The first kappa shape index (κ1) is 11.3. The van der Waals surface area contributed by atoms with Crippen molar-refractivity contribution in [2.24, 2.45) is 0 Å². The average molecular weight is 231 g/mol. The van der Waals surface area contributed by atoms with Gasteiger partial charge in [-0.3, -0.25) is 14.8 Å². The van der Waals surface area contributed by atoms with Crippen molar-refractivity contribution in [2.45, 2.75) is 19.9 Å². The quantitative estimate of drug-likeness (QED) is 0.599. The molecule has 0 aliphatic carbocycles. The van der Waals surface area contributed by atoms with Gasteiger partial charge >= 0.3 is 0 Å². The van der Waals surface area contributed by atoms with Gasteiger partial charge in [-0.2, -0.15) is 5.10 Å². The van der Waals surface area contributed by atoms with Crippen LogP contribution in [0.2, 0.25) is 0 Å². The molecule has 17 heavy (non-hydrogen) atoms. The molecule has 0 bridgehead atoms. The van der Waals surface area contributed by atoms with Crippen molar-refractivity contribution >= 4 is 5.69 Å². The Hall–Kier alpha value is -2.17. The molecule has 0 atom stereocenters. The van der Waals surface area contributed by atoms with Crippen molar-refractivity contribution in [3.05, 3.63) is 57.9 Å². The van der Waals surface area contributed by atoms with E-state index in [1.165, 1.54) is 6.07 Å². The predicted molar refractivity (Wildman–Crippen MR) is 63.8 cm³/mol. The van der Waals surface area contributed by atoms with Crippen molar-refractivity contribution in [1.82, 2.24) is 9.78 Å². The Morgan fingerprint density at radius 3 is 2.82 bits per heavy atom. The van der Waals surface area contributed by atoms with E-state index in [-0.39, 0.29) is 10.6 Å². The first-order chi connectivity index (χ1) is 8.20. The molecule has 0 saturated carbocycles. The third-order valence-electron chi connectivity index (χ3n) is 2.62. The van der Waals surface area contributed by atoms with Crippen LogP contribution in [0.1, 0.15) is 18.1 Å². The first-order valence-electron chi connectivity index (χ1n) is 5.44. The third kappa shape index (κ3) is 2.50. The van der Waals surface area contributed by atoms with E-state index < -0.39 is 0 Å². The normalized spacial score (nSPS) is 10.4. The highest BCUT2D eigenvalue weighted by Crippen LogP contribution is 2.18. The molecule has 0 unspecified atom stereocenters. The summed E-state index contributed by atoms with van der Waals surface area (Å²) in [5, 5.41) is 15.0. The molecule has 5 nitrogen and oxygen atoms in total. The lowest BCUT2D eigenvalue weighted by molar-refractivity contribution is -0.385. The van der Waals surface area contributed by atoms with Crippen molar-refractivity contribution in [3.8, 4) is 0 Å². The zero-order chi connectivity index (χ0) is 12.3. The number of rotatable bonds is 4. The zero-order valence-electron chi connectivity index (χ0n) is 9.54. The molecule has 0 radical (unpaired) electrons. The van der Waals surface area contributed by atoms with E-state index in [4.69, 9.17) is 0 Å². The second kappa shape index (κ2) is 4.78. The maximum absolute atomic E-state index is 10.8. The Bertz CT molecular complexity index is 534. The second-order valence-electron chi connectivity index (χ2n) is 3.79. The van der Waals surface area contributed by atoms with Crippen LogP contribution in [0.25, 0.3) is 0 Å². The topological polar surface area (TPSA) is 61.0 Å². The zero-order valence-corrected chi connectivity index (χ0v) is 9.54. The number of nitro benzene ring substituents is 1. The molecular weight excluding hydrogens is 218 g/mol. The van der Waals surface area contributed by atoms with Crippen LogP contribution in [-0.2, 0) is 13.0 Å². The molecule has 1 aromatic heterocycles. The van der Waals surface area contributed by atoms with Gasteiger partial charge in [0.25, 0.3) is 5.69 Å². The van der Waals surface area contributed by atoms with E-state index in [1.807, 2.05) is 13.1 Å². The van der Waals surface area contributed by atoms with Crippen LogP contribution in [0.4, 0.5) is 5.69 Å². The summed E-state index contributed by atoms with van der Waals surface area (Å²) in [7, 11) is 0. The number of aromatic nitrogens is 2. The fourth-order valence-corrected chi connectivity index (χ4v) is 1.67. The highest BCUT2D eigenvalue weighted by atomic mass is 16.6. The van der Waals surface area contributed by atoms with Crippen LogP contribution in [0.3, 0.4) is 0 Å². The number of hydrogen-bond donors (Lipinski definition) is 0. The number of benzene rings is 1. The summed E-state index contributed by atoms with van der Waals surface area (Å²) in [6.07, 6.45) is 4.61. The van der Waals surface area contributed by atoms with Gasteiger partial charge < -0.3 is 0 Å². The van der Waals surface area contributed by atoms with E-state index >= 15 is 0 Å². The van der Waals surface area contributed by atoms with Gasteiger partial charge in [0.1, 0.15) is 0 Å². The number of aryl methyl sites for hydroxylation is 1. The van der Waals surface area contributed by atoms with Crippen molar-refractivity contribution in [3.63, 3.8) is 0 Å². The highest BCUT2D eigenvalue weighted by Gasteiger charge is 2.12. The molecular formula is C12H13N3O2. The van der Waals surface area contributed by atoms with Crippen LogP contribution in [-0.4, -0.2) is 14.7 Å². The van der Waals surface area contributed by atoms with Crippen LogP contribution >= 0.6 is 0 Å². The Labute approximate surface area is 98.8 Å². The molecule has 0 aliphatic heterocycles. The summed E-state index contributed by atoms with van der Waals surface area (Å²) in [4.78, 5) is 10.5. The van der Waals surface area contributed by atoms with Gasteiger partial charge in [-0.1, -0.05) is 25.1 Å².